The summed E-state index contributed by atoms with van der Waals surface area (Å²) >= 11 is 0. The summed E-state index contributed by atoms with van der Waals surface area (Å²) in [4.78, 5) is 0. The van der Waals surface area contributed by atoms with Crippen molar-refractivity contribution in [3.63, 3.8) is 0 Å². The standard InChI is InChI=1S/C21H29NO/c1-15-11-16(2)13-19(12-15)22-14-17(3)23-20-9-7-18(8-10-20)21(4,5)6/h7-13,17,22H,14H2,1-6H3. The maximum atomic E-state index is 6.00. The molecule has 0 radical (unpaired) electrons. The first-order valence-electron chi connectivity index (χ1n) is 8.33. The molecule has 0 aromatic heterocycles. The van der Waals surface area contributed by atoms with Gasteiger partial charge in [-0.3, -0.25) is 0 Å². The molecule has 1 N–H and O–H groups in total. The van der Waals surface area contributed by atoms with Crippen molar-refractivity contribution in [2.75, 3.05) is 11.9 Å². The van der Waals surface area contributed by atoms with E-state index >= 15 is 0 Å². The maximum Gasteiger partial charge on any atom is 0.119 e. The number of nitrogens with one attached hydrogen (secondary N) is 1. The number of hydrogen-bond donors (Lipinski definition) is 1. The molecule has 2 heteroatoms. The van der Waals surface area contributed by atoms with E-state index in [1.165, 1.54) is 16.7 Å². The van der Waals surface area contributed by atoms with Gasteiger partial charge in [0.25, 0.3) is 0 Å². The zero-order valence-corrected chi connectivity index (χ0v) is 15.2. The Morgan fingerprint density at radius 3 is 2.04 bits per heavy atom. The molecule has 23 heavy (non-hydrogen) atoms. The third kappa shape index (κ3) is 5.31. The van der Waals surface area contributed by atoms with Gasteiger partial charge in [-0.15, -0.1) is 0 Å². The minimum Gasteiger partial charge on any atom is -0.489 e. The second-order valence-electron chi connectivity index (χ2n) is 7.46. The summed E-state index contributed by atoms with van der Waals surface area (Å²) in [5.74, 6) is 0.924. The van der Waals surface area contributed by atoms with E-state index < -0.39 is 0 Å². The fourth-order valence-corrected chi connectivity index (χ4v) is 2.65. The average Bonchev–Trinajstić information content (AvgIpc) is 2.44. The Labute approximate surface area is 140 Å². The fourth-order valence-electron chi connectivity index (χ4n) is 2.65. The summed E-state index contributed by atoms with van der Waals surface area (Å²) in [5, 5.41) is 3.46. The van der Waals surface area contributed by atoms with Gasteiger partial charge < -0.3 is 10.1 Å². The molecule has 0 aliphatic rings. The number of aryl methyl sites for hydroxylation is 2. The molecule has 0 spiro atoms. The lowest BCUT2D eigenvalue weighted by Gasteiger charge is -2.20. The van der Waals surface area contributed by atoms with Gasteiger partial charge in [0.1, 0.15) is 11.9 Å². The summed E-state index contributed by atoms with van der Waals surface area (Å²) in [7, 11) is 0. The van der Waals surface area contributed by atoms with Crippen LogP contribution in [0.3, 0.4) is 0 Å². The first-order chi connectivity index (χ1) is 10.7. The van der Waals surface area contributed by atoms with Crippen molar-refractivity contribution in [3.8, 4) is 5.75 Å². The van der Waals surface area contributed by atoms with Gasteiger partial charge in [0.2, 0.25) is 0 Å². The summed E-state index contributed by atoms with van der Waals surface area (Å²) in [6.07, 6.45) is 0.108. The molecule has 2 aromatic carbocycles. The molecule has 0 aliphatic heterocycles. The van der Waals surface area contributed by atoms with E-state index in [9.17, 15) is 0 Å². The second kappa shape index (κ2) is 7.08. The monoisotopic (exact) mass is 311 g/mol. The molecule has 0 saturated carbocycles. The first-order valence-corrected chi connectivity index (χ1v) is 8.33. The highest BCUT2D eigenvalue weighted by Gasteiger charge is 2.13. The van der Waals surface area contributed by atoms with E-state index in [0.717, 1.165) is 18.0 Å². The first kappa shape index (κ1) is 17.4. The van der Waals surface area contributed by atoms with Crippen molar-refractivity contribution in [3.05, 3.63) is 59.2 Å². The predicted molar refractivity (Wildman–Crippen MR) is 99.6 cm³/mol. The summed E-state index contributed by atoms with van der Waals surface area (Å²) in [6.45, 7) is 13.8. The van der Waals surface area contributed by atoms with Crippen molar-refractivity contribution >= 4 is 5.69 Å². The summed E-state index contributed by atoms with van der Waals surface area (Å²) in [5.41, 5.74) is 5.21. The predicted octanol–water partition coefficient (Wildman–Crippen LogP) is 5.48. The van der Waals surface area contributed by atoms with E-state index in [1.807, 2.05) is 0 Å². The van der Waals surface area contributed by atoms with E-state index in [2.05, 4.69) is 89.3 Å². The fraction of sp³-hybridized carbons (Fsp3) is 0.429. The van der Waals surface area contributed by atoms with Crippen LogP contribution in [0, 0.1) is 13.8 Å². The Hall–Kier alpha value is -1.96. The Kier molecular flexibility index (Phi) is 5.35. The van der Waals surface area contributed by atoms with Crippen molar-refractivity contribution in [1.29, 1.82) is 0 Å². The molecule has 2 aromatic rings. The van der Waals surface area contributed by atoms with Crippen LogP contribution in [0.2, 0.25) is 0 Å². The minimum atomic E-state index is 0.108. The van der Waals surface area contributed by atoms with E-state index in [-0.39, 0.29) is 11.5 Å². The molecule has 0 fully saturated rings. The van der Waals surface area contributed by atoms with Gasteiger partial charge >= 0.3 is 0 Å². The number of benzene rings is 2. The molecule has 2 nitrogen and oxygen atoms in total. The molecular formula is C21H29NO. The SMILES string of the molecule is Cc1cc(C)cc(NCC(C)Oc2ccc(C(C)(C)C)cc2)c1. The lowest BCUT2D eigenvalue weighted by Crippen LogP contribution is -2.22. The smallest absolute Gasteiger partial charge is 0.119 e. The van der Waals surface area contributed by atoms with Gasteiger partial charge in [-0.2, -0.15) is 0 Å². The number of ether oxygens (including phenoxy) is 1. The Morgan fingerprint density at radius 1 is 0.957 bits per heavy atom. The quantitative estimate of drug-likeness (QED) is 0.789. The minimum absolute atomic E-state index is 0.108. The van der Waals surface area contributed by atoms with Gasteiger partial charge in [0, 0.05) is 5.69 Å². The van der Waals surface area contributed by atoms with E-state index in [0.29, 0.717) is 0 Å². The zero-order chi connectivity index (χ0) is 17.0. The molecule has 2 rings (SSSR count). The Balaban J connectivity index is 1.90. The molecule has 0 heterocycles. The highest BCUT2D eigenvalue weighted by Crippen LogP contribution is 2.24. The molecule has 0 saturated heterocycles. The number of anilines is 1. The van der Waals surface area contributed by atoms with Crippen molar-refractivity contribution < 1.29 is 4.74 Å². The molecule has 1 unspecified atom stereocenters. The molecule has 0 bridgehead atoms. The van der Waals surface area contributed by atoms with Crippen LogP contribution in [-0.2, 0) is 5.41 Å². The molecule has 124 valence electrons. The van der Waals surface area contributed by atoms with Crippen LogP contribution in [0.25, 0.3) is 0 Å². The summed E-state index contributed by atoms with van der Waals surface area (Å²) in [6, 6.07) is 14.9. The van der Waals surface area contributed by atoms with E-state index in [1.54, 1.807) is 0 Å². The van der Waals surface area contributed by atoms with Gasteiger partial charge in [-0.25, -0.2) is 0 Å². The third-order valence-corrected chi connectivity index (χ3v) is 3.87. The van der Waals surface area contributed by atoms with Gasteiger partial charge in [-0.05, 0) is 67.1 Å². The molecular weight excluding hydrogens is 282 g/mol. The lowest BCUT2D eigenvalue weighted by atomic mass is 9.87. The molecule has 0 amide bonds. The van der Waals surface area contributed by atoms with Crippen LogP contribution >= 0.6 is 0 Å². The molecule has 0 aliphatic carbocycles. The van der Waals surface area contributed by atoms with Crippen LogP contribution in [-0.4, -0.2) is 12.6 Å². The highest BCUT2D eigenvalue weighted by molar-refractivity contribution is 5.48. The Morgan fingerprint density at radius 2 is 1.52 bits per heavy atom. The van der Waals surface area contributed by atoms with Gasteiger partial charge in [0.15, 0.2) is 0 Å². The Bertz CT molecular complexity index is 618. The van der Waals surface area contributed by atoms with Crippen LogP contribution in [0.1, 0.15) is 44.4 Å². The van der Waals surface area contributed by atoms with Crippen molar-refractivity contribution in [2.45, 2.75) is 53.1 Å². The molecule has 1 atom stereocenters. The van der Waals surface area contributed by atoms with Gasteiger partial charge in [-0.1, -0.05) is 39.0 Å². The maximum absolute atomic E-state index is 6.00. The van der Waals surface area contributed by atoms with Crippen LogP contribution < -0.4 is 10.1 Å². The van der Waals surface area contributed by atoms with Crippen molar-refractivity contribution in [2.24, 2.45) is 0 Å². The normalized spacial score (nSPS) is 12.8. The van der Waals surface area contributed by atoms with Crippen LogP contribution in [0.5, 0.6) is 5.75 Å². The number of rotatable bonds is 5. The number of hydrogen-bond acceptors (Lipinski definition) is 2. The average molecular weight is 311 g/mol. The van der Waals surface area contributed by atoms with Crippen molar-refractivity contribution in [1.82, 2.24) is 0 Å². The second-order valence-corrected chi connectivity index (χ2v) is 7.46. The topological polar surface area (TPSA) is 21.3 Å². The highest BCUT2D eigenvalue weighted by atomic mass is 16.5. The van der Waals surface area contributed by atoms with Crippen LogP contribution in [0.15, 0.2) is 42.5 Å². The van der Waals surface area contributed by atoms with Crippen LogP contribution in [0.4, 0.5) is 5.69 Å². The third-order valence-electron chi connectivity index (χ3n) is 3.87. The zero-order valence-electron chi connectivity index (χ0n) is 15.2. The van der Waals surface area contributed by atoms with E-state index in [4.69, 9.17) is 4.74 Å². The van der Waals surface area contributed by atoms with Gasteiger partial charge in [0.05, 0.1) is 6.54 Å². The summed E-state index contributed by atoms with van der Waals surface area (Å²) < 4.78 is 6.00. The largest absolute Gasteiger partial charge is 0.489 e. The lowest BCUT2D eigenvalue weighted by molar-refractivity contribution is 0.234.